The molecule has 0 unspecified atom stereocenters. The van der Waals surface area contributed by atoms with Crippen molar-refractivity contribution in [3.63, 3.8) is 0 Å². The Kier molecular flexibility index (Phi) is 3.18. The van der Waals surface area contributed by atoms with Gasteiger partial charge < -0.3 is 0 Å². The smallest absolute Gasteiger partial charge is 0.244 e. The van der Waals surface area contributed by atoms with E-state index in [4.69, 9.17) is 0 Å². The molecule has 0 aliphatic carbocycles. The molecule has 2 aromatic rings. The summed E-state index contributed by atoms with van der Waals surface area (Å²) in [5, 5.41) is 0. The molecule has 2 bridgehead atoms. The number of nitrogens with zero attached hydrogens (tertiary/aromatic N) is 3. The Morgan fingerprint density at radius 3 is 2.95 bits per heavy atom. The molecule has 2 atom stereocenters. The molecule has 0 aromatic carbocycles. The van der Waals surface area contributed by atoms with Gasteiger partial charge in [-0.05, 0) is 40.9 Å². The molecule has 0 amide bonds. The zero-order valence-electron chi connectivity index (χ0n) is 10.9. The van der Waals surface area contributed by atoms with Gasteiger partial charge in [-0.25, -0.2) is 18.4 Å². The van der Waals surface area contributed by atoms with E-state index in [1.54, 1.807) is 29.0 Å². The quantitative estimate of drug-likeness (QED) is 0.796. The van der Waals surface area contributed by atoms with Gasteiger partial charge in [-0.15, -0.1) is 11.3 Å². The van der Waals surface area contributed by atoms with E-state index in [0.717, 1.165) is 27.9 Å². The van der Waals surface area contributed by atoms with Gasteiger partial charge in [0.15, 0.2) is 0 Å². The van der Waals surface area contributed by atoms with Crippen molar-refractivity contribution < 1.29 is 8.42 Å². The third-order valence-electron chi connectivity index (χ3n) is 4.14. The largest absolute Gasteiger partial charge is 0.253 e. The van der Waals surface area contributed by atoms with Crippen LogP contribution in [0.25, 0.3) is 0 Å². The molecular weight excluding hydrogens is 374 g/mol. The van der Waals surface area contributed by atoms with Crippen molar-refractivity contribution >= 4 is 37.3 Å². The minimum absolute atomic E-state index is 0.0169. The Morgan fingerprint density at radius 2 is 2.19 bits per heavy atom. The minimum Gasteiger partial charge on any atom is -0.244 e. The predicted molar refractivity (Wildman–Crippen MR) is 82.5 cm³/mol. The van der Waals surface area contributed by atoms with Crippen molar-refractivity contribution in [2.45, 2.75) is 35.6 Å². The van der Waals surface area contributed by atoms with Crippen LogP contribution in [-0.4, -0.2) is 28.7 Å². The van der Waals surface area contributed by atoms with Gasteiger partial charge in [0.2, 0.25) is 0 Å². The predicted octanol–water partition coefficient (Wildman–Crippen LogP) is 2.75. The zero-order chi connectivity index (χ0) is 14.6. The fourth-order valence-corrected chi connectivity index (χ4v) is 7.25. The van der Waals surface area contributed by atoms with E-state index in [2.05, 4.69) is 25.9 Å². The maximum atomic E-state index is 12.9. The SMILES string of the molecule is O=S(=O)(c1ccc(Br)s1)N1[C@H]2CC[C@H]1c1cncnc1C2. The second kappa shape index (κ2) is 4.84. The van der Waals surface area contributed by atoms with E-state index < -0.39 is 10.0 Å². The van der Waals surface area contributed by atoms with E-state index in [1.165, 1.54) is 11.3 Å². The van der Waals surface area contributed by atoms with Gasteiger partial charge in [0, 0.05) is 24.2 Å². The van der Waals surface area contributed by atoms with Crippen molar-refractivity contribution in [2.24, 2.45) is 0 Å². The molecule has 1 fully saturated rings. The van der Waals surface area contributed by atoms with Crippen molar-refractivity contribution in [3.05, 3.63) is 39.7 Å². The fraction of sp³-hybridized carbons (Fsp3) is 0.385. The summed E-state index contributed by atoms with van der Waals surface area (Å²) in [6.45, 7) is 0. The van der Waals surface area contributed by atoms with Crippen LogP contribution in [0, 0.1) is 0 Å². The van der Waals surface area contributed by atoms with E-state index >= 15 is 0 Å². The summed E-state index contributed by atoms with van der Waals surface area (Å²) in [7, 11) is -3.45. The first-order valence-corrected chi connectivity index (χ1v) is 9.70. The Balaban J connectivity index is 1.81. The highest BCUT2D eigenvalue weighted by molar-refractivity contribution is 9.11. The average molecular weight is 386 g/mol. The lowest BCUT2D eigenvalue weighted by Crippen LogP contribution is -2.41. The highest BCUT2D eigenvalue weighted by atomic mass is 79.9. The summed E-state index contributed by atoms with van der Waals surface area (Å²) < 4.78 is 28.8. The monoisotopic (exact) mass is 385 g/mol. The summed E-state index contributed by atoms with van der Waals surface area (Å²) in [5.74, 6) is 0. The first-order chi connectivity index (χ1) is 10.1. The maximum absolute atomic E-state index is 12.9. The number of thiophene rings is 1. The number of hydrogen-bond acceptors (Lipinski definition) is 5. The molecule has 1 saturated heterocycles. The fourth-order valence-electron chi connectivity index (χ4n) is 3.29. The third-order valence-corrected chi connectivity index (χ3v) is 8.19. The topological polar surface area (TPSA) is 63.2 Å². The summed E-state index contributed by atoms with van der Waals surface area (Å²) in [6.07, 6.45) is 5.71. The number of rotatable bonds is 2. The molecular formula is C13H12BrN3O2S2. The van der Waals surface area contributed by atoms with Crippen molar-refractivity contribution in [2.75, 3.05) is 0 Å². The number of sulfonamides is 1. The first-order valence-electron chi connectivity index (χ1n) is 6.65. The molecule has 2 aromatic heterocycles. The Hall–Kier alpha value is -0.830. The highest BCUT2D eigenvalue weighted by Gasteiger charge is 2.47. The number of halogens is 1. The molecule has 2 aliphatic rings. The molecule has 0 spiro atoms. The third kappa shape index (κ3) is 2.08. The van der Waals surface area contributed by atoms with Crippen molar-refractivity contribution in [1.82, 2.24) is 14.3 Å². The highest BCUT2D eigenvalue weighted by Crippen LogP contribution is 2.46. The van der Waals surface area contributed by atoms with Gasteiger partial charge in [0.05, 0.1) is 15.5 Å². The first kappa shape index (κ1) is 13.8. The van der Waals surface area contributed by atoms with Gasteiger partial charge in [-0.2, -0.15) is 4.31 Å². The second-order valence-corrected chi connectivity index (χ2v) is 9.80. The van der Waals surface area contributed by atoms with Gasteiger partial charge in [0.1, 0.15) is 10.5 Å². The second-order valence-electron chi connectivity index (χ2n) is 5.27. The molecule has 4 heterocycles. The maximum Gasteiger partial charge on any atom is 0.253 e. The summed E-state index contributed by atoms with van der Waals surface area (Å²) in [5.41, 5.74) is 1.96. The Bertz CT molecular complexity index is 805. The van der Waals surface area contributed by atoms with E-state index in [1.807, 2.05) is 0 Å². The lowest BCUT2D eigenvalue weighted by Gasteiger charge is -2.33. The molecule has 4 rings (SSSR count). The van der Waals surface area contributed by atoms with Crippen LogP contribution in [0.1, 0.15) is 30.1 Å². The molecule has 0 N–H and O–H groups in total. The van der Waals surface area contributed by atoms with Crippen LogP contribution in [0.3, 0.4) is 0 Å². The van der Waals surface area contributed by atoms with Crippen LogP contribution in [0.15, 0.2) is 32.7 Å². The number of hydrogen-bond donors (Lipinski definition) is 0. The zero-order valence-corrected chi connectivity index (χ0v) is 14.2. The Morgan fingerprint density at radius 1 is 1.33 bits per heavy atom. The lowest BCUT2D eigenvalue weighted by molar-refractivity contribution is 0.301. The van der Waals surface area contributed by atoms with E-state index in [-0.39, 0.29) is 12.1 Å². The summed E-state index contributed by atoms with van der Waals surface area (Å²) >= 11 is 4.59. The minimum atomic E-state index is -3.45. The van der Waals surface area contributed by atoms with Crippen LogP contribution in [0.4, 0.5) is 0 Å². The van der Waals surface area contributed by atoms with Gasteiger partial charge in [-0.1, -0.05) is 0 Å². The normalized spacial score (nSPS) is 25.0. The molecule has 110 valence electrons. The van der Waals surface area contributed by atoms with Crippen LogP contribution < -0.4 is 0 Å². The molecule has 8 heteroatoms. The average Bonchev–Trinajstić information content (AvgIpc) is 3.03. The van der Waals surface area contributed by atoms with Gasteiger partial charge >= 0.3 is 0 Å². The van der Waals surface area contributed by atoms with Crippen LogP contribution in [-0.2, 0) is 16.4 Å². The molecule has 21 heavy (non-hydrogen) atoms. The number of aromatic nitrogens is 2. The van der Waals surface area contributed by atoms with Gasteiger partial charge in [0.25, 0.3) is 10.0 Å². The van der Waals surface area contributed by atoms with Crippen molar-refractivity contribution in [3.8, 4) is 0 Å². The number of fused-ring (bicyclic) bond motifs is 4. The van der Waals surface area contributed by atoms with Gasteiger partial charge in [-0.3, -0.25) is 0 Å². The molecule has 0 saturated carbocycles. The van der Waals surface area contributed by atoms with E-state index in [0.29, 0.717) is 10.6 Å². The van der Waals surface area contributed by atoms with Crippen LogP contribution >= 0.6 is 27.3 Å². The molecule has 5 nitrogen and oxygen atoms in total. The molecule has 2 aliphatic heterocycles. The Labute approximate surface area is 135 Å². The van der Waals surface area contributed by atoms with Crippen molar-refractivity contribution in [1.29, 1.82) is 0 Å². The molecule has 0 radical (unpaired) electrons. The summed E-state index contributed by atoms with van der Waals surface area (Å²) in [6, 6.07) is 3.34. The standard InChI is InChI=1S/C13H12BrN3O2S2/c14-12-3-4-13(20-12)21(18,19)17-8-1-2-11(17)9-6-15-7-16-10(9)5-8/h3-4,6-8,11H,1-2,5H2/t8-,11-/m0/s1. The summed E-state index contributed by atoms with van der Waals surface area (Å²) in [4.78, 5) is 8.39. The lowest BCUT2D eigenvalue weighted by atomic mass is 10.0. The van der Waals surface area contributed by atoms with Crippen LogP contribution in [0.2, 0.25) is 0 Å². The van der Waals surface area contributed by atoms with Crippen LogP contribution in [0.5, 0.6) is 0 Å². The van der Waals surface area contributed by atoms with E-state index in [9.17, 15) is 8.42 Å².